The van der Waals surface area contributed by atoms with E-state index in [9.17, 15) is 0 Å². The summed E-state index contributed by atoms with van der Waals surface area (Å²) in [6, 6.07) is 0. The molecule has 0 saturated heterocycles. The maximum Gasteiger partial charge on any atom is 2.00 e. The van der Waals surface area contributed by atoms with E-state index in [2.05, 4.69) is 55.8 Å². The summed E-state index contributed by atoms with van der Waals surface area (Å²) in [5.74, 6) is 0. The summed E-state index contributed by atoms with van der Waals surface area (Å²) < 4.78 is 1.12. The Balaban J connectivity index is -0.000000317. The monoisotopic (exact) mass is 416 g/mol. The minimum absolute atomic E-state index is 0. The van der Waals surface area contributed by atoms with Gasteiger partial charge in [-0.15, -0.1) is 0 Å². The maximum absolute atomic E-state index is 4.98. The Morgan fingerprint density at radius 1 is 0.905 bits per heavy atom. The Morgan fingerprint density at radius 3 is 1.62 bits per heavy atom. The van der Waals surface area contributed by atoms with Crippen molar-refractivity contribution >= 4 is 58.3 Å². The molecular weight excluding hydrogens is 390 g/mol. The molecule has 120 valence electrons. The zero-order valence-electron chi connectivity index (χ0n) is 13.7. The number of rotatable bonds is 9. The molecule has 0 aliphatic carbocycles. The van der Waals surface area contributed by atoms with Gasteiger partial charge < -0.3 is 59.9 Å². The Bertz CT molecular complexity index is 245. The second-order valence-corrected chi connectivity index (χ2v) is 6.63. The van der Waals surface area contributed by atoms with Gasteiger partial charge in [-0.05, 0) is 19.3 Å². The standard InChI is InChI=1S/C9H19NS2.C5H11NS2.Zn/c1-3-5-7-10(9(11)12)8-6-4-2;1-2-3-4-6-5(7)8;/h3-8H2,1-2H3,(H,11,12);2-4H2,1H3,(H2,6,7,8);/q;;+2/p-2. The molecule has 0 aliphatic heterocycles. The van der Waals surface area contributed by atoms with Crippen LogP contribution in [0.4, 0.5) is 0 Å². The molecule has 0 fully saturated rings. The van der Waals surface area contributed by atoms with Crippen LogP contribution in [-0.4, -0.2) is 33.2 Å². The number of thiocarbonyl (C=S) groups is 2. The molecule has 0 bridgehead atoms. The third kappa shape index (κ3) is 23.2. The molecule has 0 unspecified atom stereocenters. The van der Waals surface area contributed by atoms with Crippen molar-refractivity contribution in [2.75, 3.05) is 19.6 Å². The first kappa shape index (κ1) is 26.7. The van der Waals surface area contributed by atoms with E-state index >= 15 is 0 Å². The van der Waals surface area contributed by atoms with E-state index in [-0.39, 0.29) is 19.5 Å². The Morgan fingerprint density at radius 2 is 1.33 bits per heavy atom. The third-order valence-electron chi connectivity index (χ3n) is 2.62. The van der Waals surface area contributed by atoms with Crippen LogP contribution < -0.4 is 5.32 Å². The topological polar surface area (TPSA) is 15.3 Å². The van der Waals surface area contributed by atoms with E-state index in [1.807, 2.05) is 0 Å². The predicted octanol–water partition coefficient (Wildman–Crippen LogP) is 3.93. The summed E-state index contributed by atoms with van der Waals surface area (Å²) in [5, 5.41) is 2.89. The molecule has 0 radical (unpaired) electrons. The molecule has 7 heteroatoms. The van der Waals surface area contributed by atoms with Gasteiger partial charge in [0.25, 0.3) is 0 Å². The largest absolute Gasteiger partial charge is 2.00 e. The van der Waals surface area contributed by atoms with Crippen LogP contribution in [0.1, 0.15) is 59.3 Å². The van der Waals surface area contributed by atoms with Crippen molar-refractivity contribution in [2.24, 2.45) is 0 Å². The van der Waals surface area contributed by atoms with Gasteiger partial charge in [0.1, 0.15) is 0 Å². The molecule has 0 aromatic rings. The molecule has 0 rings (SSSR count). The molecule has 0 atom stereocenters. The minimum atomic E-state index is 0. The number of hydrogen-bond acceptors (Lipinski definition) is 4. The average Bonchev–Trinajstić information content (AvgIpc) is 2.39. The Kier molecular flexibility index (Phi) is 26.5. The number of unbranched alkanes of at least 4 members (excludes halogenated alkanes) is 3. The summed E-state index contributed by atoms with van der Waals surface area (Å²) in [4.78, 5) is 2.14. The van der Waals surface area contributed by atoms with E-state index in [0.717, 1.165) is 26.1 Å². The van der Waals surface area contributed by atoms with Gasteiger partial charge in [-0.2, -0.15) is 0 Å². The van der Waals surface area contributed by atoms with Crippen molar-refractivity contribution in [3.05, 3.63) is 0 Å². The second-order valence-electron chi connectivity index (χ2n) is 4.53. The average molecular weight is 418 g/mol. The number of nitrogens with zero attached hydrogens (tertiary/aromatic N) is 1. The smallest absolute Gasteiger partial charge is 0.412 e. The fourth-order valence-electron chi connectivity index (χ4n) is 1.36. The van der Waals surface area contributed by atoms with E-state index in [1.165, 1.54) is 32.1 Å². The summed E-state index contributed by atoms with van der Waals surface area (Å²) >= 11 is 19.2. The molecule has 0 aromatic carbocycles. The zero-order chi connectivity index (χ0) is 15.8. The van der Waals surface area contributed by atoms with Gasteiger partial charge in [-0.25, -0.2) is 0 Å². The van der Waals surface area contributed by atoms with Gasteiger partial charge in [-0.1, -0.05) is 48.7 Å². The normalized spacial score (nSPS) is 8.90. The number of hydrogen-bond donors (Lipinski definition) is 1. The van der Waals surface area contributed by atoms with Crippen LogP contribution in [0.25, 0.3) is 0 Å². The van der Waals surface area contributed by atoms with Gasteiger partial charge in [0.15, 0.2) is 0 Å². The van der Waals surface area contributed by atoms with E-state index in [1.54, 1.807) is 0 Å². The summed E-state index contributed by atoms with van der Waals surface area (Å²) in [6.45, 7) is 9.51. The van der Waals surface area contributed by atoms with Gasteiger partial charge >= 0.3 is 19.5 Å². The first-order valence-electron chi connectivity index (χ1n) is 7.40. The fraction of sp³-hybridized carbons (Fsp3) is 0.857. The van der Waals surface area contributed by atoms with Crippen LogP contribution in [-0.2, 0) is 44.7 Å². The molecule has 21 heavy (non-hydrogen) atoms. The molecular formula is C14H28N2S4Zn. The van der Waals surface area contributed by atoms with Crippen LogP contribution in [0.5, 0.6) is 0 Å². The van der Waals surface area contributed by atoms with Crippen LogP contribution in [0, 0.1) is 0 Å². The van der Waals surface area contributed by atoms with Crippen molar-refractivity contribution < 1.29 is 19.5 Å². The van der Waals surface area contributed by atoms with Gasteiger partial charge in [-0.3, -0.25) is 0 Å². The SMILES string of the molecule is CCCCN(CCCC)C(=S)[S-].CCCCNC(=S)[S-].[Zn+2]. The Hall–Kier alpha value is 0.843. The van der Waals surface area contributed by atoms with Gasteiger partial charge in [0.2, 0.25) is 0 Å². The predicted molar refractivity (Wildman–Crippen MR) is 104 cm³/mol. The third-order valence-corrected chi connectivity index (χ3v) is 3.43. The van der Waals surface area contributed by atoms with Crippen LogP contribution in [0.3, 0.4) is 0 Å². The van der Waals surface area contributed by atoms with Crippen molar-refractivity contribution in [3.8, 4) is 0 Å². The molecule has 0 aliphatic rings. The Labute approximate surface area is 166 Å². The molecule has 0 spiro atoms. The fourth-order valence-corrected chi connectivity index (χ4v) is 1.93. The molecule has 1 N–H and O–H groups in total. The summed E-state index contributed by atoms with van der Waals surface area (Å²) in [6.07, 6.45) is 7.14. The van der Waals surface area contributed by atoms with Crippen LogP contribution in [0.2, 0.25) is 0 Å². The van der Waals surface area contributed by atoms with Crippen molar-refractivity contribution in [1.29, 1.82) is 0 Å². The van der Waals surface area contributed by atoms with Crippen molar-refractivity contribution in [1.82, 2.24) is 10.2 Å². The van der Waals surface area contributed by atoms with Gasteiger partial charge in [0, 0.05) is 19.6 Å². The van der Waals surface area contributed by atoms with E-state index in [0.29, 0.717) is 8.64 Å². The molecule has 0 aromatic heterocycles. The zero-order valence-corrected chi connectivity index (χ0v) is 19.9. The van der Waals surface area contributed by atoms with Gasteiger partial charge in [0.05, 0.1) is 0 Å². The van der Waals surface area contributed by atoms with Crippen molar-refractivity contribution in [2.45, 2.75) is 59.3 Å². The number of nitrogens with one attached hydrogen (secondary N) is 1. The van der Waals surface area contributed by atoms with Crippen LogP contribution >= 0.6 is 24.4 Å². The molecule has 0 saturated carbocycles. The molecule has 0 amide bonds. The van der Waals surface area contributed by atoms with Crippen molar-refractivity contribution in [3.63, 3.8) is 0 Å². The maximum atomic E-state index is 4.98. The minimum Gasteiger partial charge on any atom is -0.412 e. The van der Waals surface area contributed by atoms with E-state index in [4.69, 9.17) is 24.8 Å². The summed E-state index contributed by atoms with van der Waals surface area (Å²) in [7, 11) is 0. The summed E-state index contributed by atoms with van der Waals surface area (Å²) in [5.41, 5.74) is 0. The van der Waals surface area contributed by atoms with E-state index < -0.39 is 0 Å². The first-order valence-corrected chi connectivity index (χ1v) is 9.03. The molecule has 2 nitrogen and oxygen atoms in total. The first-order chi connectivity index (χ1) is 9.49. The quantitative estimate of drug-likeness (QED) is 0.263. The molecule has 0 heterocycles. The van der Waals surface area contributed by atoms with Crippen LogP contribution in [0.15, 0.2) is 0 Å². The second kappa shape index (κ2) is 20.8.